The number of unbranched alkanes of at least 4 members (excludes halogenated alkanes) is 1. The number of nitrogens with one attached hydrogen (secondary N) is 1. The summed E-state index contributed by atoms with van der Waals surface area (Å²) in [5.41, 5.74) is 1.53. The topological polar surface area (TPSA) is 41.6 Å². The monoisotopic (exact) mass is 394 g/mol. The average Bonchev–Trinajstić information content (AvgIpc) is 2.87. The van der Waals surface area contributed by atoms with Crippen LogP contribution in [0.5, 0.6) is 5.75 Å². The van der Waals surface area contributed by atoms with Gasteiger partial charge in [0.15, 0.2) is 6.04 Å². The highest BCUT2D eigenvalue weighted by molar-refractivity contribution is 5.90. The van der Waals surface area contributed by atoms with Crippen molar-refractivity contribution >= 4 is 16.7 Å². The van der Waals surface area contributed by atoms with Crippen LogP contribution in [0.2, 0.25) is 0 Å². The van der Waals surface area contributed by atoms with Gasteiger partial charge in [0.1, 0.15) is 5.75 Å². The second-order valence-electron chi connectivity index (χ2n) is 7.80. The Morgan fingerprint density at radius 3 is 2.54 bits per heavy atom. The van der Waals surface area contributed by atoms with E-state index in [2.05, 4.69) is 5.43 Å². The zero-order chi connectivity index (χ0) is 20.5. The number of benzene rings is 2. The second-order valence-corrected chi connectivity index (χ2v) is 7.80. The maximum atomic E-state index is 14.2. The van der Waals surface area contributed by atoms with Crippen LogP contribution in [0.25, 0.3) is 10.8 Å². The predicted molar refractivity (Wildman–Crippen MR) is 102 cm³/mol. The molecule has 28 heavy (non-hydrogen) atoms. The van der Waals surface area contributed by atoms with Gasteiger partial charge in [-0.05, 0) is 25.7 Å². The standard InChI is InChI=1S/C21H25F3N2O2/c1-4-5-12-28-17-15-9-7-6-8-14(15)10-11-16(17)18(21(22,23)24)26-13-20(2,3)19(27)25-26/h6-11,18H,4-5,12-13H2,1-3H3,(H,25,27)/t18-/m0/s1. The number of alkyl halides is 3. The van der Waals surface area contributed by atoms with Crippen LogP contribution in [0.3, 0.4) is 0 Å². The van der Waals surface area contributed by atoms with Gasteiger partial charge in [-0.2, -0.15) is 13.2 Å². The van der Waals surface area contributed by atoms with Crippen LogP contribution in [0.4, 0.5) is 13.2 Å². The van der Waals surface area contributed by atoms with Crippen molar-refractivity contribution in [3.8, 4) is 5.75 Å². The van der Waals surface area contributed by atoms with Crippen molar-refractivity contribution < 1.29 is 22.7 Å². The van der Waals surface area contributed by atoms with Crippen LogP contribution in [0.1, 0.15) is 45.2 Å². The molecular weight excluding hydrogens is 369 g/mol. The van der Waals surface area contributed by atoms with Gasteiger partial charge in [0, 0.05) is 17.5 Å². The summed E-state index contributed by atoms with van der Waals surface area (Å²) >= 11 is 0. The molecule has 2 aromatic carbocycles. The molecule has 0 saturated carbocycles. The van der Waals surface area contributed by atoms with Gasteiger partial charge in [-0.3, -0.25) is 10.2 Å². The number of hydrazine groups is 1. The number of hydrogen-bond donors (Lipinski definition) is 1. The van der Waals surface area contributed by atoms with Crippen LogP contribution >= 0.6 is 0 Å². The number of hydrogen-bond acceptors (Lipinski definition) is 3. The first-order chi connectivity index (χ1) is 13.1. The van der Waals surface area contributed by atoms with Gasteiger partial charge in [0.25, 0.3) is 0 Å². The molecule has 1 heterocycles. The van der Waals surface area contributed by atoms with Crippen LogP contribution in [0.15, 0.2) is 36.4 Å². The zero-order valence-corrected chi connectivity index (χ0v) is 16.3. The van der Waals surface area contributed by atoms with E-state index >= 15 is 0 Å². The molecule has 0 radical (unpaired) electrons. The fraction of sp³-hybridized carbons (Fsp3) is 0.476. The number of amides is 1. The molecule has 0 aromatic heterocycles. The number of ether oxygens (including phenoxy) is 1. The molecule has 1 N–H and O–H groups in total. The van der Waals surface area contributed by atoms with Gasteiger partial charge < -0.3 is 4.74 Å². The number of carbonyl (C=O) groups excluding carboxylic acids is 1. The molecule has 0 aliphatic carbocycles. The molecule has 1 aliphatic rings. The maximum absolute atomic E-state index is 14.2. The van der Waals surface area contributed by atoms with Gasteiger partial charge in [-0.15, -0.1) is 0 Å². The lowest BCUT2D eigenvalue weighted by Crippen LogP contribution is -2.43. The largest absolute Gasteiger partial charge is 0.493 e. The molecular formula is C21H25F3N2O2. The third-order valence-corrected chi connectivity index (χ3v) is 5.00. The Morgan fingerprint density at radius 2 is 1.93 bits per heavy atom. The van der Waals surface area contributed by atoms with E-state index in [0.717, 1.165) is 23.2 Å². The quantitative estimate of drug-likeness (QED) is 0.702. The van der Waals surface area contributed by atoms with Crippen LogP contribution < -0.4 is 10.2 Å². The first-order valence-electron chi connectivity index (χ1n) is 9.44. The predicted octanol–water partition coefficient (Wildman–Crippen LogP) is 5.00. The highest BCUT2D eigenvalue weighted by Gasteiger charge is 2.52. The summed E-state index contributed by atoms with van der Waals surface area (Å²) < 4.78 is 48.3. The molecule has 1 amide bonds. The molecule has 0 bridgehead atoms. The maximum Gasteiger partial charge on any atom is 0.410 e. The van der Waals surface area contributed by atoms with Crippen LogP contribution in [0, 0.1) is 5.41 Å². The molecule has 1 aliphatic heterocycles. The van der Waals surface area contributed by atoms with E-state index in [1.807, 2.05) is 19.1 Å². The van der Waals surface area contributed by atoms with E-state index in [9.17, 15) is 18.0 Å². The molecule has 7 heteroatoms. The molecule has 0 unspecified atom stereocenters. The Kier molecular flexibility index (Phi) is 5.57. The van der Waals surface area contributed by atoms with Crippen molar-refractivity contribution in [3.63, 3.8) is 0 Å². The highest BCUT2D eigenvalue weighted by Crippen LogP contribution is 2.45. The average molecular weight is 394 g/mol. The van der Waals surface area contributed by atoms with Crippen molar-refractivity contribution in [1.29, 1.82) is 0 Å². The Hall–Kier alpha value is -2.28. The van der Waals surface area contributed by atoms with E-state index in [4.69, 9.17) is 4.74 Å². The molecule has 4 nitrogen and oxygen atoms in total. The first-order valence-corrected chi connectivity index (χ1v) is 9.44. The molecule has 152 valence electrons. The third kappa shape index (κ3) is 3.94. The summed E-state index contributed by atoms with van der Waals surface area (Å²) in [5.74, 6) is -0.191. The van der Waals surface area contributed by atoms with Crippen molar-refractivity contribution in [2.75, 3.05) is 13.2 Å². The minimum absolute atomic E-state index is 0.0142. The van der Waals surface area contributed by atoms with E-state index < -0.39 is 23.5 Å². The zero-order valence-electron chi connectivity index (χ0n) is 16.3. The molecule has 1 fully saturated rings. The lowest BCUT2D eigenvalue weighted by Gasteiger charge is -2.31. The normalized spacial score (nSPS) is 18.3. The minimum atomic E-state index is -4.58. The fourth-order valence-electron chi connectivity index (χ4n) is 3.45. The minimum Gasteiger partial charge on any atom is -0.493 e. The van der Waals surface area contributed by atoms with Gasteiger partial charge >= 0.3 is 6.18 Å². The number of halogens is 3. The Morgan fingerprint density at radius 1 is 1.21 bits per heavy atom. The number of rotatable bonds is 6. The van der Waals surface area contributed by atoms with E-state index in [0.29, 0.717) is 12.0 Å². The van der Waals surface area contributed by atoms with Crippen LogP contribution in [-0.2, 0) is 4.79 Å². The molecule has 3 rings (SSSR count). The summed E-state index contributed by atoms with van der Waals surface area (Å²) in [5, 5.41) is 2.43. The summed E-state index contributed by atoms with van der Waals surface area (Å²) in [6.07, 6.45) is -2.97. The Bertz CT molecular complexity index is 864. The third-order valence-electron chi connectivity index (χ3n) is 5.00. The van der Waals surface area contributed by atoms with E-state index in [1.165, 1.54) is 6.07 Å². The second kappa shape index (κ2) is 7.62. The first kappa shape index (κ1) is 20.5. The summed E-state index contributed by atoms with van der Waals surface area (Å²) in [4.78, 5) is 12.1. The number of nitrogens with zero attached hydrogens (tertiary/aromatic N) is 1. The highest BCUT2D eigenvalue weighted by atomic mass is 19.4. The van der Waals surface area contributed by atoms with Gasteiger partial charge in [-0.1, -0.05) is 49.7 Å². The van der Waals surface area contributed by atoms with E-state index in [-0.39, 0.29) is 17.9 Å². The van der Waals surface area contributed by atoms with Gasteiger partial charge in [0.2, 0.25) is 5.91 Å². The summed E-state index contributed by atoms with van der Waals surface area (Å²) in [7, 11) is 0. The Balaban J connectivity index is 2.12. The van der Waals surface area contributed by atoms with Gasteiger partial charge in [-0.25, -0.2) is 5.01 Å². The summed E-state index contributed by atoms with van der Waals surface area (Å²) in [6, 6.07) is 8.36. The lowest BCUT2D eigenvalue weighted by atomic mass is 9.93. The molecule has 0 spiro atoms. The van der Waals surface area contributed by atoms with Gasteiger partial charge in [0.05, 0.1) is 12.0 Å². The lowest BCUT2D eigenvalue weighted by molar-refractivity contribution is -0.192. The van der Waals surface area contributed by atoms with Crippen LogP contribution in [-0.4, -0.2) is 30.2 Å². The van der Waals surface area contributed by atoms with Crippen molar-refractivity contribution in [2.24, 2.45) is 5.41 Å². The van der Waals surface area contributed by atoms with Crippen molar-refractivity contribution in [2.45, 2.75) is 45.8 Å². The van der Waals surface area contributed by atoms with Crippen molar-refractivity contribution in [1.82, 2.24) is 10.4 Å². The summed E-state index contributed by atoms with van der Waals surface area (Å²) in [6.45, 7) is 5.55. The fourth-order valence-corrected chi connectivity index (χ4v) is 3.45. The van der Waals surface area contributed by atoms with E-state index in [1.54, 1.807) is 32.0 Å². The number of fused-ring (bicyclic) bond motifs is 1. The Labute approximate surface area is 162 Å². The molecule has 1 atom stereocenters. The van der Waals surface area contributed by atoms with Crippen molar-refractivity contribution in [3.05, 3.63) is 42.0 Å². The SMILES string of the molecule is CCCCOc1c([C@H](N2CC(C)(C)C(=O)N2)C(F)(F)F)ccc2ccccc12. The number of carbonyl (C=O) groups is 1. The smallest absolute Gasteiger partial charge is 0.410 e. The molecule has 1 saturated heterocycles. The molecule has 2 aromatic rings.